The van der Waals surface area contributed by atoms with Gasteiger partial charge in [0.25, 0.3) is 0 Å². The van der Waals surface area contributed by atoms with Crippen molar-refractivity contribution >= 4 is 15.9 Å². The van der Waals surface area contributed by atoms with E-state index in [1.54, 1.807) is 43.3 Å². The summed E-state index contributed by atoms with van der Waals surface area (Å²) >= 11 is 3.20. The monoisotopic (exact) mass is 333 g/mol. The summed E-state index contributed by atoms with van der Waals surface area (Å²) in [5.41, 5.74) is 0.264. The number of hydrogen-bond donors (Lipinski definition) is 1. The highest BCUT2D eigenvalue weighted by Crippen LogP contribution is 2.28. The van der Waals surface area contributed by atoms with Gasteiger partial charge in [-0.15, -0.1) is 0 Å². The highest BCUT2D eigenvalue weighted by atomic mass is 79.9. The SMILES string of the molecule is CC(O)(Cc1ccc(Br)cc1F)c1cccc(C#N)c1. The highest BCUT2D eigenvalue weighted by molar-refractivity contribution is 9.10. The van der Waals surface area contributed by atoms with Crippen LogP contribution in [0.3, 0.4) is 0 Å². The Morgan fingerprint density at radius 1 is 1.30 bits per heavy atom. The molecule has 2 nitrogen and oxygen atoms in total. The molecule has 20 heavy (non-hydrogen) atoms. The topological polar surface area (TPSA) is 44.0 Å². The molecule has 0 saturated heterocycles. The minimum absolute atomic E-state index is 0.140. The number of rotatable bonds is 3. The third-order valence-electron chi connectivity index (χ3n) is 3.16. The van der Waals surface area contributed by atoms with Gasteiger partial charge in [0.2, 0.25) is 0 Å². The number of hydrogen-bond acceptors (Lipinski definition) is 2. The fourth-order valence-corrected chi connectivity index (χ4v) is 2.39. The van der Waals surface area contributed by atoms with E-state index in [1.165, 1.54) is 6.07 Å². The number of nitriles is 1. The molecule has 0 heterocycles. The molecule has 1 N–H and O–H groups in total. The molecule has 0 radical (unpaired) electrons. The maximum Gasteiger partial charge on any atom is 0.127 e. The molecule has 0 aliphatic rings. The van der Waals surface area contributed by atoms with E-state index in [4.69, 9.17) is 5.26 Å². The fraction of sp³-hybridized carbons (Fsp3) is 0.188. The van der Waals surface area contributed by atoms with Gasteiger partial charge >= 0.3 is 0 Å². The van der Waals surface area contributed by atoms with Crippen molar-refractivity contribution in [1.29, 1.82) is 5.26 Å². The number of aliphatic hydroxyl groups is 1. The molecule has 0 aliphatic carbocycles. The van der Waals surface area contributed by atoms with Gasteiger partial charge in [-0.2, -0.15) is 5.26 Å². The molecule has 4 heteroatoms. The lowest BCUT2D eigenvalue weighted by Gasteiger charge is -2.24. The van der Waals surface area contributed by atoms with Crippen LogP contribution in [0.25, 0.3) is 0 Å². The Morgan fingerprint density at radius 2 is 2.05 bits per heavy atom. The van der Waals surface area contributed by atoms with Crippen LogP contribution in [-0.2, 0) is 12.0 Å². The molecule has 1 unspecified atom stereocenters. The van der Waals surface area contributed by atoms with Crippen LogP contribution < -0.4 is 0 Å². The van der Waals surface area contributed by atoms with E-state index >= 15 is 0 Å². The van der Waals surface area contributed by atoms with Crippen LogP contribution in [0, 0.1) is 17.1 Å². The van der Waals surface area contributed by atoms with Gasteiger partial charge in [0.1, 0.15) is 5.82 Å². The van der Waals surface area contributed by atoms with Crippen molar-refractivity contribution in [3.63, 3.8) is 0 Å². The van der Waals surface area contributed by atoms with Crippen molar-refractivity contribution in [2.75, 3.05) is 0 Å². The molecule has 2 aromatic carbocycles. The van der Waals surface area contributed by atoms with Crippen molar-refractivity contribution in [1.82, 2.24) is 0 Å². The second-order valence-corrected chi connectivity index (χ2v) is 5.79. The summed E-state index contributed by atoms with van der Waals surface area (Å²) in [6.45, 7) is 1.62. The van der Waals surface area contributed by atoms with Crippen molar-refractivity contribution < 1.29 is 9.50 Å². The minimum atomic E-state index is -1.23. The van der Waals surface area contributed by atoms with Crippen molar-refractivity contribution in [3.05, 3.63) is 69.4 Å². The summed E-state index contributed by atoms with van der Waals surface area (Å²) in [7, 11) is 0. The standard InChI is InChI=1S/C16H13BrFNO/c1-16(20,13-4-2-3-11(7-13)10-19)9-12-5-6-14(17)8-15(12)18/h2-8,20H,9H2,1H3. The molecule has 0 amide bonds. The molecule has 1 atom stereocenters. The summed E-state index contributed by atoms with van der Waals surface area (Å²) < 4.78 is 14.5. The smallest absolute Gasteiger partial charge is 0.127 e. The van der Waals surface area contributed by atoms with Gasteiger partial charge in [-0.1, -0.05) is 34.1 Å². The Balaban J connectivity index is 2.32. The molecule has 0 aromatic heterocycles. The summed E-state index contributed by atoms with van der Waals surface area (Å²) in [5.74, 6) is -0.365. The van der Waals surface area contributed by atoms with E-state index in [-0.39, 0.29) is 12.2 Å². The molecule has 102 valence electrons. The van der Waals surface area contributed by atoms with E-state index in [0.29, 0.717) is 21.2 Å². The Kier molecular flexibility index (Phi) is 4.22. The predicted octanol–water partition coefficient (Wildman–Crippen LogP) is 3.91. The highest BCUT2D eigenvalue weighted by Gasteiger charge is 2.25. The molecule has 0 spiro atoms. The van der Waals surface area contributed by atoms with E-state index in [9.17, 15) is 9.50 Å². The lowest BCUT2D eigenvalue weighted by Crippen LogP contribution is -2.25. The molecule has 2 rings (SSSR count). The van der Waals surface area contributed by atoms with E-state index in [1.807, 2.05) is 6.07 Å². The lowest BCUT2D eigenvalue weighted by molar-refractivity contribution is 0.0567. The van der Waals surface area contributed by atoms with Gasteiger partial charge in [-0.25, -0.2) is 4.39 Å². The molecule has 0 aliphatic heterocycles. The maximum atomic E-state index is 13.8. The largest absolute Gasteiger partial charge is 0.385 e. The number of nitrogens with zero attached hydrogens (tertiary/aromatic N) is 1. The van der Waals surface area contributed by atoms with Gasteiger partial charge in [0, 0.05) is 10.9 Å². The van der Waals surface area contributed by atoms with Gasteiger partial charge in [-0.3, -0.25) is 0 Å². The quantitative estimate of drug-likeness (QED) is 0.925. The van der Waals surface area contributed by atoms with Crippen LogP contribution in [0.4, 0.5) is 4.39 Å². The van der Waals surface area contributed by atoms with Crippen LogP contribution in [0.1, 0.15) is 23.6 Å². The molecule has 0 saturated carbocycles. The second kappa shape index (κ2) is 5.74. The van der Waals surface area contributed by atoms with Gasteiger partial charge in [-0.05, 0) is 42.3 Å². The third-order valence-corrected chi connectivity index (χ3v) is 3.66. The van der Waals surface area contributed by atoms with Crippen LogP contribution in [0.2, 0.25) is 0 Å². The minimum Gasteiger partial charge on any atom is -0.385 e. The number of benzene rings is 2. The van der Waals surface area contributed by atoms with Gasteiger partial charge < -0.3 is 5.11 Å². The normalized spacial score (nSPS) is 13.6. The fourth-order valence-electron chi connectivity index (χ4n) is 2.06. The maximum absolute atomic E-state index is 13.8. The summed E-state index contributed by atoms with van der Waals surface area (Å²) in [6, 6.07) is 13.5. The van der Waals surface area contributed by atoms with E-state index < -0.39 is 5.60 Å². The molecular formula is C16H13BrFNO. The van der Waals surface area contributed by atoms with Crippen LogP contribution >= 0.6 is 15.9 Å². The van der Waals surface area contributed by atoms with Gasteiger partial charge in [0.05, 0.1) is 17.2 Å². The van der Waals surface area contributed by atoms with Crippen molar-refractivity contribution in [3.8, 4) is 6.07 Å². The number of halogens is 2. The first-order valence-electron chi connectivity index (χ1n) is 6.09. The average molecular weight is 334 g/mol. The molecule has 0 bridgehead atoms. The van der Waals surface area contributed by atoms with E-state index in [0.717, 1.165) is 0 Å². The van der Waals surface area contributed by atoms with Crippen LogP contribution in [0.15, 0.2) is 46.9 Å². The van der Waals surface area contributed by atoms with E-state index in [2.05, 4.69) is 15.9 Å². The Bertz CT molecular complexity index is 676. The van der Waals surface area contributed by atoms with Crippen LogP contribution in [-0.4, -0.2) is 5.11 Å². The Labute approximate surface area is 125 Å². The lowest BCUT2D eigenvalue weighted by atomic mass is 9.88. The Hall–Kier alpha value is -1.70. The third kappa shape index (κ3) is 3.24. The molecule has 0 fully saturated rings. The van der Waals surface area contributed by atoms with Gasteiger partial charge in [0.15, 0.2) is 0 Å². The predicted molar refractivity (Wildman–Crippen MR) is 78.5 cm³/mol. The first kappa shape index (κ1) is 14.7. The first-order chi connectivity index (χ1) is 9.42. The molecular weight excluding hydrogens is 321 g/mol. The molecule has 2 aromatic rings. The van der Waals surface area contributed by atoms with Crippen molar-refractivity contribution in [2.24, 2.45) is 0 Å². The average Bonchev–Trinajstić information content (AvgIpc) is 2.42. The zero-order valence-corrected chi connectivity index (χ0v) is 12.5. The Morgan fingerprint density at radius 3 is 2.70 bits per heavy atom. The summed E-state index contributed by atoms with van der Waals surface area (Å²) in [5, 5.41) is 19.5. The van der Waals surface area contributed by atoms with Crippen molar-refractivity contribution in [2.45, 2.75) is 18.9 Å². The summed E-state index contributed by atoms with van der Waals surface area (Å²) in [4.78, 5) is 0. The summed E-state index contributed by atoms with van der Waals surface area (Å²) in [6.07, 6.45) is 0.140. The zero-order chi connectivity index (χ0) is 14.8. The first-order valence-corrected chi connectivity index (χ1v) is 6.88. The zero-order valence-electron chi connectivity index (χ0n) is 10.9. The van der Waals surface area contributed by atoms with Crippen LogP contribution in [0.5, 0.6) is 0 Å². The second-order valence-electron chi connectivity index (χ2n) is 4.88.